The number of ether oxygens (including phenoxy) is 3. The zero-order valence-corrected chi connectivity index (χ0v) is 12.0. The molecule has 3 rings (SSSR count). The number of benzene rings is 2. The summed E-state index contributed by atoms with van der Waals surface area (Å²) in [6.45, 7) is 0. The van der Waals surface area contributed by atoms with E-state index in [1.54, 1.807) is 19.2 Å². The summed E-state index contributed by atoms with van der Waals surface area (Å²) < 4.78 is 16.3. The molecule has 0 bridgehead atoms. The average Bonchev–Trinajstić information content (AvgIpc) is 2.83. The molecular weight excluding hydrogens is 268 g/mol. The van der Waals surface area contributed by atoms with Crippen LogP contribution in [-0.4, -0.2) is 26.1 Å². The van der Waals surface area contributed by atoms with Gasteiger partial charge < -0.3 is 14.2 Å². The summed E-state index contributed by atoms with van der Waals surface area (Å²) >= 11 is 0. The van der Waals surface area contributed by atoms with E-state index in [2.05, 4.69) is 0 Å². The maximum absolute atomic E-state index is 12.5. The van der Waals surface area contributed by atoms with Crippen LogP contribution in [0.2, 0.25) is 0 Å². The largest absolute Gasteiger partial charge is 0.496 e. The van der Waals surface area contributed by atoms with Crippen molar-refractivity contribution in [1.29, 1.82) is 0 Å². The highest BCUT2D eigenvalue weighted by Crippen LogP contribution is 2.40. The van der Waals surface area contributed by atoms with Crippen LogP contribution < -0.4 is 14.2 Å². The Labute approximate surface area is 123 Å². The molecule has 21 heavy (non-hydrogen) atoms. The van der Waals surface area contributed by atoms with Gasteiger partial charge in [0.25, 0.3) is 0 Å². The molecule has 1 aliphatic rings. The lowest BCUT2D eigenvalue weighted by Crippen LogP contribution is -2.23. The Morgan fingerprint density at radius 2 is 1.86 bits per heavy atom. The maximum atomic E-state index is 12.5. The number of ketones is 1. The Balaban J connectivity index is 1.91. The van der Waals surface area contributed by atoms with Gasteiger partial charge in [0.1, 0.15) is 22.8 Å². The van der Waals surface area contributed by atoms with E-state index in [1.807, 2.05) is 30.3 Å². The zero-order chi connectivity index (χ0) is 14.8. The van der Waals surface area contributed by atoms with Crippen LogP contribution in [-0.2, 0) is 6.42 Å². The quantitative estimate of drug-likeness (QED) is 0.866. The van der Waals surface area contributed by atoms with E-state index in [0.29, 0.717) is 29.2 Å². The van der Waals surface area contributed by atoms with Crippen LogP contribution in [0.25, 0.3) is 0 Å². The molecule has 1 aliphatic heterocycles. The first-order chi connectivity index (χ1) is 10.2. The number of carbonyl (C=O) groups excluding carboxylic acids is 1. The van der Waals surface area contributed by atoms with Crippen LogP contribution in [0.5, 0.6) is 17.2 Å². The molecule has 108 valence electrons. The number of hydrogen-bond acceptors (Lipinski definition) is 4. The van der Waals surface area contributed by atoms with Crippen molar-refractivity contribution in [3.8, 4) is 17.2 Å². The smallest absolute Gasteiger partial charge is 0.211 e. The van der Waals surface area contributed by atoms with Crippen molar-refractivity contribution in [3.05, 3.63) is 53.6 Å². The van der Waals surface area contributed by atoms with Gasteiger partial charge >= 0.3 is 0 Å². The first kappa shape index (κ1) is 13.5. The van der Waals surface area contributed by atoms with Gasteiger partial charge in [-0.2, -0.15) is 0 Å². The number of Topliss-reactive ketones (excluding diaryl/α,β-unsaturated/α-hetero) is 1. The minimum absolute atomic E-state index is 0.0478. The number of rotatable bonds is 4. The Morgan fingerprint density at radius 3 is 2.52 bits per heavy atom. The Bertz CT molecular complexity index is 664. The van der Waals surface area contributed by atoms with Crippen molar-refractivity contribution in [1.82, 2.24) is 0 Å². The lowest BCUT2D eigenvalue weighted by molar-refractivity contribution is 0.0856. The monoisotopic (exact) mass is 284 g/mol. The Hall–Kier alpha value is -2.49. The third-order valence-corrected chi connectivity index (χ3v) is 3.57. The second-order valence-electron chi connectivity index (χ2n) is 4.86. The molecular formula is C17H16O4. The predicted molar refractivity (Wildman–Crippen MR) is 78.4 cm³/mol. The van der Waals surface area contributed by atoms with E-state index in [1.165, 1.54) is 7.11 Å². The van der Waals surface area contributed by atoms with Crippen molar-refractivity contribution in [2.24, 2.45) is 0 Å². The molecule has 2 aromatic rings. The minimum Gasteiger partial charge on any atom is -0.496 e. The molecule has 0 aliphatic carbocycles. The van der Waals surface area contributed by atoms with Gasteiger partial charge in [0, 0.05) is 18.6 Å². The summed E-state index contributed by atoms with van der Waals surface area (Å²) in [4.78, 5) is 12.5. The molecule has 0 fully saturated rings. The van der Waals surface area contributed by atoms with Gasteiger partial charge in [-0.3, -0.25) is 4.79 Å². The molecule has 4 nitrogen and oxygen atoms in total. The van der Waals surface area contributed by atoms with Crippen LogP contribution in [0.3, 0.4) is 0 Å². The summed E-state index contributed by atoms with van der Waals surface area (Å²) in [6, 6.07) is 13.2. The Kier molecular flexibility index (Phi) is 3.52. The fourth-order valence-electron chi connectivity index (χ4n) is 2.51. The predicted octanol–water partition coefficient (Wildman–Crippen LogP) is 2.89. The Morgan fingerprint density at radius 1 is 1.10 bits per heavy atom. The van der Waals surface area contributed by atoms with Crippen molar-refractivity contribution in [2.75, 3.05) is 14.2 Å². The van der Waals surface area contributed by atoms with Crippen LogP contribution in [0.1, 0.15) is 15.9 Å². The summed E-state index contributed by atoms with van der Waals surface area (Å²) in [5.41, 5.74) is 1.56. The maximum Gasteiger partial charge on any atom is 0.211 e. The van der Waals surface area contributed by atoms with Crippen LogP contribution in [0, 0.1) is 0 Å². The normalized spacial score (nSPS) is 16.3. The molecule has 4 heteroatoms. The highest BCUT2D eigenvalue weighted by atomic mass is 16.5. The highest BCUT2D eigenvalue weighted by Gasteiger charge is 2.36. The third kappa shape index (κ3) is 2.44. The molecule has 0 N–H and O–H groups in total. The second-order valence-corrected chi connectivity index (χ2v) is 4.86. The first-order valence-electron chi connectivity index (χ1n) is 6.73. The van der Waals surface area contributed by atoms with Gasteiger partial charge in [-0.05, 0) is 5.56 Å². The summed E-state index contributed by atoms with van der Waals surface area (Å²) in [5, 5.41) is 0. The summed E-state index contributed by atoms with van der Waals surface area (Å²) in [6.07, 6.45) is 0.0308. The molecule has 2 aromatic carbocycles. The number of fused-ring (bicyclic) bond motifs is 1. The minimum atomic E-state index is -0.511. The topological polar surface area (TPSA) is 44.8 Å². The molecule has 0 saturated heterocycles. The van der Waals surface area contributed by atoms with Crippen LogP contribution in [0.4, 0.5) is 0 Å². The fraction of sp³-hybridized carbons (Fsp3) is 0.235. The number of methoxy groups -OCH3 is 2. The summed E-state index contributed by atoms with van der Waals surface area (Å²) in [5.74, 6) is 1.58. The van der Waals surface area contributed by atoms with Crippen molar-refractivity contribution in [2.45, 2.75) is 12.5 Å². The van der Waals surface area contributed by atoms with Gasteiger partial charge in [0.2, 0.25) is 5.78 Å². The van der Waals surface area contributed by atoms with Gasteiger partial charge in [-0.15, -0.1) is 0 Å². The molecule has 0 radical (unpaired) electrons. The van der Waals surface area contributed by atoms with E-state index in [0.717, 1.165) is 5.56 Å². The SMILES string of the molecule is COc1cc(OC)c2c(c1)OC(Cc1ccccc1)C2=O. The molecule has 0 saturated carbocycles. The molecule has 1 unspecified atom stereocenters. The number of carbonyl (C=O) groups is 1. The lowest BCUT2D eigenvalue weighted by Gasteiger charge is -2.09. The van der Waals surface area contributed by atoms with E-state index >= 15 is 0 Å². The molecule has 1 heterocycles. The van der Waals surface area contributed by atoms with Crippen molar-refractivity contribution >= 4 is 5.78 Å². The molecule has 1 atom stereocenters. The van der Waals surface area contributed by atoms with Gasteiger partial charge in [-0.25, -0.2) is 0 Å². The average molecular weight is 284 g/mol. The summed E-state index contributed by atoms with van der Waals surface area (Å²) in [7, 11) is 3.10. The standard InChI is InChI=1S/C17H16O4/c1-19-12-9-13(20-2)16-14(10-12)21-15(17(16)18)8-11-6-4-3-5-7-11/h3-7,9-10,15H,8H2,1-2H3. The van der Waals surface area contributed by atoms with Crippen molar-refractivity contribution in [3.63, 3.8) is 0 Å². The lowest BCUT2D eigenvalue weighted by atomic mass is 10.0. The van der Waals surface area contributed by atoms with Crippen LogP contribution >= 0.6 is 0 Å². The van der Waals surface area contributed by atoms with E-state index in [4.69, 9.17) is 14.2 Å². The first-order valence-corrected chi connectivity index (χ1v) is 6.73. The number of hydrogen-bond donors (Lipinski definition) is 0. The van der Waals surface area contributed by atoms with E-state index in [9.17, 15) is 4.79 Å². The van der Waals surface area contributed by atoms with Crippen LogP contribution in [0.15, 0.2) is 42.5 Å². The van der Waals surface area contributed by atoms with E-state index < -0.39 is 6.10 Å². The molecule has 0 aromatic heterocycles. The molecule has 0 spiro atoms. The third-order valence-electron chi connectivity index (χ3n) is 3.57. The highest BCUT2D eigenvalue weighted by molar-refractivity contribution is 6.07. The fourth-order valence-corrected chi connectivity index (χ4v) is 2.51. The van der Waals surface area contributed by atoms with Crippen molar-refractivity contribution < 1.29 is 19.0 Å². The van der Waals surface area contributed by atoms with Gasteiger partial charge in [0.05, 0.1) is 14.2 Å². The van der Waals surface area contributed by atoms with Gasteiger partial charge in [-0.1, -0.05) is 30.3 Å². The van der Waals surface area contributed by atoms with E-state index in [-0.39, 0.29) is 5.78 Å². The molecule has 0 amide bonds. The zero-order valence-electron chi connectivity index (χ0n) is 12.0. The second kappa shape index (κ2) is 5.48. The van der Waals surface area contributed by atoms with Gasteiger partial charge in [0.15, 0.2) is 6.10 Å².